The van der Waals surface area contributed by atoms with Crippen molar-refractivity contribution in [3.63, 3.8) is 0 Å². The molecule has 0 heterocycles. The Morgan fingerprint density at radius 3 is 1.27 bits per heavy atom. The fraction of sp³-hybridized carbons (Fsp3) is 0.900. The number of hydrogen-bond donors (Lipinski definition) is 2. The maximum absolute atomic E-state index is 11.7. The largest absolute Gasteiger partial charge is 0.464 e. The van der Waals surface area contributed by atoms with E-state index in [0.717, 1.165) is 38.5 Å². The molecular weight excluding hydrogens is 336 g/mol. The third-order valence-corrected chi connectivity index (χ3v) is 4.27. The lowest BCUT2D eigenvalue weighted by Gasteiger charge is -2.16. The van der Waals surface area contributed by atoms with Gasteiger partial charge in [-0.2, -0.15) is 0 Å². The van der Waals surface area contributed by atoms with E-state index < -0.39 is 24.1 Å². The van der Waals surface area contributed by atoms with Crippen molar-refractivity contribution in [3.8, 4) is 0 Å². The van der Waals surface area contributed by atoms with Gasteiger partial charge in [-0.25, -0.2) is 9.59 Å². The van der Waals surface area contributed by atoms with Crippen LogP contribution in [0.3, 0.4) is 0 Å². The number of carbonyl (C=O) groups excluding carboxylic acids is 2. The predicted molar refractivity (Wildman–Crippen MR) is 101 cm³/mol. The van der Waals surface area contributed by atoms with Crippen molar-refractivity contribution in [3.05, 3.63) is 0 Å². The fourth-order valence-corrected chi connectivity index (χ4v) is 2.54. The number of esters is 2. The van der Waals surface area contributed by atoms with Gasteiger partial charge in [0.2, 0.25) is 0 Å². The van der Waals surface area contributed by atoms with Crippen LogP contribution in [0, 0.1) is 0 Å². The molecule has 26 heavy (non-hydrogen) atoms. The molecule has 0 aliphatic heterocycles. The van der Waals surface area contributed by atoms with Gasteiger partial charge in [-0.3, -0.25) is 0 Å². The molecule has 0 saturated carbocycles. The number of aliphatic hydroxyl groups excluding tert-OH is 2. The van der Waals surface area contributed by atoms with Crippen molar-refractivity contribution < 1.29 is 29.3 Å². The first kappa shape index (κ1) is 24.9. The van der Waals surface area contributed by atoms with Gasteiger partial charge in [0.1, 0.15) is 0 Å². The molecule has 0 bridgehead atoms. The molecular formula is C20H38O6. The highest BCUT2D eigenvalue weighted by Crippen LogP contribution is 2.07. The first-order chi connectivity index (χ1) is 12.5. The molecule has 6 nitrogen and oxygen atoms in total. The molecule has 0 aromatic carbocycles. The third kappa shape index (κ3) is 13.1. The molecule has 0 aliphatic rings. The van der Waals surface area contributed by atoms with Crippen LogP contribution < -0.4 is 0 Å². The summed E-state index contributed by atoms with van der Waals surface area (Å²) in [7, 11) is 0. The second-order valence-electron chi connectivity index (χ2n) is 6.76. The molecule has 0 saturated heterocycles. The minimum Gasteiger partial charge on any atom is -0.464 e. The summed E-state index contributed by atoms with van der Waals surface area (Å²) in [5.74, 6) is -1.97. The molecule has 0 aromatic rings. The van der Waals surface area contributed by atoms with Crippen molar-refractivity contribution in [2.24, 2.45) is 0 Å². The molecule has 0 rings (SSSR count). The van der Waals surface area contributed by atoms with Crippen molar-refractivity contribution in [2.75, 3.05) is 13.2 Å². The number of carbonyl (C=O) groups is 2. The monoisotopic (exact) mass is 374 g/mol. The van der Waals surface area contributed by atoms with Gasteiger partial charge in [0, 0.05) is 0 Å². The van der Waals surface area contributed by atoms with E-state index in [4.69, 9.17) is 9.47 Å². The molecule has 0 fully saturated rings. The number of aliphatic hydroxyl groups is 2. The number of ether oxygens (including phenoxy) is 2. The van der Waals surface area contributed by atoms with Gasteiger partial charge >= 0.3 is 11.9 Å². The van der Waals surface area contributed by atoms with Crippen LogP contribution in [0.2, 0.25) is 0 Å². The Kier molecular flexibility index (Phi) is 16.5. The molecule has 2 N–H and O–H groups in total. The third-order valence-electron chi connectivity index (χ3n) is 4.27. The van der Waals surface area contributed by atoms with Gasteiger partial charge in [-0.05, 0) is 12.8 Å². The molecule has 0 unspecified atom stereocenters. The zero-order chi connectivity index (χ0) is 19.6. The van der Waals surface area contributed by atoms with Crippen molar-refractivity contribution in [2.45, 2.75) is 103 Å². The summed E-state index contributed by atoms with van der Waals surface area (Å²) in [6, 6.07) is 0. The van der Waals surface area contributed by atoms with E-state index in [-0.39, 0.29) is 13.2 Å². The van der Waals surface area contributed by atoms with Crippen LogP contribution in [0.4, 0.5) is 0 Å². The summed E-state index contributed by atoms with van der Waals surface area (Å²) in [6.07, 6.45) is 8.77. The van der Waals surface area contributed by atoms with Gasteiger partial charge in [0.05, 0.1) is 13.2 Å². The van der Waals surface area contributed by atoms with Crippen molar-refractivity contribution in [1.29, 1.82) is 0 Å². The lowest BCUT2D eigenvalue weighted by Crippen LogP contribution is -2.41. The number of unbranched alkanes of at least 4 members (excludes halogenated alkanes) is 10. The first-order valence-corrected chi connectivity index (χ1v) is 10.2. The van der Waals surface area contributed by atoms with E-state index in [1.165, 1.54) is 25.7 Å². The SMILES string of the molecule is CCCCCCCCOC(=O)[C@@H](O)[C@@H](O)C(=O)OCCCCCCCC. The fourth-order valence-electron chi connectivity index (χ4n) is 2.54. The zero-order valence-electron chi connectivity index (χ0n) is 16.6. The Balaban J connectivity index is 3.78. The van der Waals surface area contributed by atoms with E-state index in [0.29, 0.717) is 12.8 Å². The molecule has 6 heteroatoms. The molecule has 0 radical (unpaired) electrons. The standard InChI is InChI=1S/C20H38O6/c1-3-5-7-9-11-13-15-25-19(23)17(21)18(22)20(24)26-16-14-12-10-8-6-4-2/h17-18,21-22H,3-16H2,1-2H3/t17-,18+. The summed E-state index contributed by atoms with van der Waals surface area (Å²) in [6.45, 7) is 4.66. The smallest absolute Gasteiger partial charge is 0.338 e. The van der Waals surface area contributed by atoms with Gasteiger partial charge < -0.3 is 19.7 Å². The van der Waals surface area contributed by atoms with E-state index in [1.54, 1.807) is 0 Å². The highest BCUT2D eigenvalue weighted by atomic mass is 16.6. The highest BCUT2D eigenvalue weighted by molar-refractivity contribution is 5.85. The van der Waals surface area contributed by atoms with E-state index >= 15 is 0 Å². The van der Waals surface area contributed by atoms with Crippen LogP contribution in [0.15, 0.2) is 0 Å². The summed E-state index contributed by atoms with van der Waals surface area (Å²) in [5.41, 5.74) is 0. The first-order valence-electron chi connectivity index (χ1n) is 10.2. The topological polar surface area (TPSA) is 93.1 Å². The maximum atomic E-state index is 11.7. The van der Waals surface area contributed by atoms with Gasteiger partial charge in [-0.15, -0.1) is 0 Å². The quantitative estimate of drug-likeness (QED) is 0.299. The van der Waals surface area contributed by atoms with Crippen molar-refractivity contribution in [1.82, 2.24) is 0 Å². The molecule has 0 aliphatic carbocycles. The normalized spacial score (nSPS) is 13.2. The number of rotatable bonds is 17. The van der Waals surface area contributed by atoms with Gasteiger partial charge in [0.25, 0.3) is 0 Å². The van der Waals surface area contributed by atoms with Crippen LogP contribution in [0.1, 0.15) is 90.9 Å². The van der Waals surface area contributed by atoms with Gasteiger partial charge in [-0.1, -0.05) is 78.1 Å². The summed E-state index contributed by atoms with van der Waals surface area (Å²) >= 11 is 0. The summed E-state index contributed by atoms with van der Waals surface area (Å²) in [5, 5.41) is 19.4. The molecule has 154 valence electrons. The molecule has 0 aromatic heterocycles. The van der Waals surface area contributed by atoms with Crippen LogP contribution in [-0.4, -0.2) is 47.6 Å². The Hall–Kier alpha value is -1.14. The van der Waals surface area contributed by atoms with Crippen LogP contribution in [0.25, 0.3) is 0 Å². The summed E-state index contributed by atoms with van der Waals surface area (Å²) < 4.78 is 9.81. The van der Waals surface area contributed by atoms with E-state index in [9.17, 15) is 19.8 Å². The zero-order valence-corrected chi connectivity index (χ0v) is 16.6. The molecule has 0 spiro atoms. The average Bonchev–Trinajstić information content (AvgIpc) is 2.64. The van der Waals surface area contributed by atoms with Crippen LogP contribution in [0.5, 0.6) is 0 Å². The second-order valence-corrected chi connectivity index (χ2v) is 6.76. The second kappa shape index (κ2) is 17.3. The molecule has 0 amide bonds. The average molecular weight is 375 g/mol. The Bertz CT molecular complexity index is 324. The minimum atomic E-state index is -1.90. The Morgan fingerprint density at radius 2 is 0.923 bits per heavy atom. The lowest BCUT2D eigenvalue weighted by atomic mass is 10.1. The van der Waals surface area contributed by atoms with E-state index in [2.05, 4.69) is 13.8 Å². The van der Waals surface area contributed by atoms with Crippen molar-refractivity contribution >= 4 is 11.9 Å². The van der Waals surface area contributed by atoms with Gasteiger partial charge in [0.15, 0.2) is 12.2 Å². The Labute approximate surface area is 158 Å². The Morgan fingerprint density at radius 1 is 0.615 bits per heavy atom. The highest BCUT2D eigenvalue weighted by Gasteiger charge is 2.32. The maximum Gasteiger partial charge on any atom is 0.338 e. The summed E-state index contributed by atoms with van der Waals surface area (Å²) in [4.78, 5) is 23.3. The number of hydrogen-bond acceptors (Lipinski definition) is 6. The minimum absolute atomic E-state index is 0.182. The molecule has 2 atom stereocenters. The van der Waals surface area contributed by atoms with E-state index in [1.807, 2.05) is 0 Å². The van der Waals surface area contributed by atoms with Crippen LogP contribution in [-0.2, 0) is 19.1 Å². The van der Waals surface area contributed by atoms with Crippen LogP contribution >= 0.6 is 0 Å². The lowest BCUT2D eigenvalue weighted by molar-refractivity contribution is -0.173. The predicted octanol–water partition coefficient (Wildman–Crippen LogP) is 3.52.